The van der Waals surface area contributed by atoms with Crippen molar-refractivity contribution in [3.05, 3.63) is 35.9 Å². The third kappa shape index (κ3) is 2.45. The van der Waals surface area contributed by atoms with Gasteiger partial charge in [-0.05, 0) is 18.9 Å². The second-order valence-corrected chi connectivity index (χ2v) is 5.12. The minimum atomic E-state index is -0.510. The topological polar surface area (TPSA) is 23.5 Å². The third-order valence-corrected chi connectivity index (χ3v) is 3.64. The Kier molecular flexibility index (Phi) is 3.31. The van der Waals surface area contributed by atoms with Gasteiger partial charge in [-0.2, -0.15) is 0 Å². The Labute approximate surface area is 97.9 Å². The molecule has 1 fully saturated rings. The highest BCUT2D eigenvalue weighted by Crippen LogP contribution is 2.30. The lowest BCUT2D eigenvalue weighted by molar-refractivity contribution is 0.0291. The molecule has 1 aromatic carbocycles. The van der Waals surface area contributed by atoms with Gasteiger partial charge in [0, 0.05) is 25.6 Å². The zero-order valence-electron chi connectivity index (χ0n) is 10.2. The molecular formula is C14H21NO. The molecule has 0 unspecified atom stereocenters. The van der Waals surface area contributed by atoms with Crippen LogP contribution >= 0.6 is 0 Å². The number of likely N-dealkylation sites (tertiary alicyclic amines) is 1. The molecule has 2 heteroatoms. The van der Waals surface area contributed by atoms with E-state index in [2.05, 4.69) is 36.1 Å². The summed E-state index contributed by atoms with van der Waals surface area (Å²) in [5.74, 6) is 0.413. The Bertz CT molecular complexity index is 334. The van der Waals surface area contributed by atoms with E-state index >= 15 is 0 Å². The summed E-state index contributed by atoms with van der Waals surface area (Å²) in [6.45, 7) is 6.88. The monoisotopic (exact) mass is 219 g/mol. The molecule has 0 aromatic heterocycles. The largest absolute Gasteiger partial charge is 0.389 e. The molecule has 1 N–H and O–H groups in total. The third-order valence-electron chi connectivity index (χ3n) is 3.64. The second kappa shape index (κ2) is 4.56. The maximum atomic E-state index is 10.3. The van der Waals surface area contributed by atoms with Gasteiger partial charge in [0.2, 0.25) is 0 Å². The maximum absolute atomic E-state index is 10.3. The van der Waals surface area contributed by atoms with Crippen LogP contribution in [0.5, 0.6) is 0 Å². The first kappa shape index (κ1) is 11.6. The molecule has 2 atom stereocenters. The van der Waals surface area contributed by atoms with Crippen LogP contribution in [0.15, 0.2) is 30.3 Å². The van der Waals surface area contributed by atoms with Gasteiger partial charge in [0.25, 0.3) is 0 Å². The van der Waals surface area contributed by atoms with Crippen molar-refractivity contribution in [2.24, 2.45) is 5.92 Å². The van der Waals surface area contributed by atoms with Crippen molar-refractivity contribution < 1.29 is 5.11 Å². The molecule has 2 nitrogen and oxygen atoms in total. The van der Waals surface area contributed by atoms with Crippen LogP contribution in [-0.2, 0) is 6.54 Å². The molecule has 1 saturated heterocycles. The van der Waals surface area contributed by atoms with Gasteiger partial charge in [-0.25, -0.2) is 0 Å². The molecule has 2 rings (SSSR count). The van der Waals surface area contributed by atoms with Gasteiger partial charge in [-0.1, -0.05) is 37.3 Å². The van der Waals surface area contributed by atoms with Gasteiger partial charge in [-0.3, -0.25) is 4.90 Å². The van der Waals surface area contributed by atoms with E-state index in [-0.39, 0.29) is 0 Å². The van der Waals surface area contributed by atoms with Crippen LogP contribution in [0.3, 0.4) is 0 Å². The average Bonchev–Trinajstić information content (AvgIpc) is 2.54. The van der Waals surface area contributed by atoms with Crippen molar-refractivity contribution in [2.45, 2.75) is 32.4 Å². The lowest BCUT2D eigenvalue weighted by Crippen LogP contribution is -2.33. The SMILES string of the molecule is CC[C@@H]1CN(Cc2ccccc2)C[C@@]1(C)O. The summed E-state index contributed by atoms with van der Waals surface area (Å²) in [4.78, 5) is 2.35. The van der Waals surface area contributed by atoms with Crippen LogP contribution in [0.2, 0.25) is 0 Å². The van der Waals surface area contributed by atoms with Gasteiger partial charge in [0.05, 0.1) is 5.60 Å². The van der Waals surface area contributed by atoms with Crippen molar-refractivity contribution in [1.29, 1.82) is 0 Å². The smallest absolute Gasteiger partial charge is 0.0786 e. The molecule has 1 aromatic rings. The normalized spacial score (nSPS) is 30.8. The molecule has 0 aliphatic carbocycles. The molecule has 0 amide bonds. The van der Waals surface area contributed by atoms with E-state index in [9.17, 15) is 5.11 Å². The molecule has 0 spiro atoms. The highest BCUT2D eigenvalue weighted by atomic mass is 16.3. The summed E-state index contributed by atoms with van der Waals surface area (Å²) >= 11 is 0. The molecule has 0 radical (unpaired) electrons. The molecule has 1 aliphatic rings. The minimum absolute atomic E-state index is 0.413. The maximum Gasteiger partial charge on any atom is 0.0786 e. The highest BCUT2D eigenvalue weighted by molar-refractivity contribution is 5.15. The van der Waals surface area contributed by atoms with E-state index in [1.54, 1.807) is 0 Å². The van der Waals surface area contributed by atoms with Gasteiger partial charge in [0.15, 0.2) is 0 Å². The van der Waals surface area contributed by atoms with E-state index in [1.165, 1.54) is 5.56 Å². The fraction of sp³-hybridized carbons (Fsp3) is 0.571. The van der Waals surface area contributed by atoms with Crippen LogP contribution in [0, 0.1) is 5.92 Å². The number of benzene rings is 1. The van der Waals surface area contributed by atoms with Crippen molar-refractivity contribution in [3.8, 4) is 0 Å². The summed E-state index contributed by atoms with van der Waals surface area (Å²) in [7, 11) is 0. The van der Waals surface area contributed by atoms with Crippen molar-refractivity contribution in [3.63, 3.8) is 0 Å². The Morgan fingerprint density at radius 1 is 1.38 bits per heavy atom. The fourth-order valence-electron chi connectivity index (χ4n) is 2.69. The quantitative estimate of drug-likeness (QED) is 0.843. The number of aliphatic hydroxyl groups is 1. The predicted molar refractivity (Wildman–Crippen MR) is 66.1 cm³/mol. The number of hydrogen-bond donors (Lipinski definition) is 1. The van der Waals surface area contributed by atoms with Gasteiger partial charge < -0.3 is 5.11 Å². The van der Waals surface area contributed by atoms with Crippen molar-refractivity contribution in [1.82, 2.24) is 4.90 Å². The zero-order valence-corrected chi connectivity index (χ0v) is 10.2. The Balaban J connectivity index is 1.99. The summed E-state index contributed by atoms with van der Waals surface area (Å²) in [6.07, 6.45) is 1.05. The Morgan fingerprint density at radius 2 is 2.06 bits per heavy atom. The van der Waals surface area contributed by atoms with Crippen molar-refractivity contribution >= 4 is 0 Å². The van der Waals surface area contributed by atoms with Crippen LogP contribution in [-0.4, -0.2) is 28.7 Å². The number of hydrogen-bond acceptors (Lipinski definition) is 2. The summed E-state index contributed by atoms with van der Waals surface area (Å²) in [5, 5.41) is 10.3. The molecule has 88 valence electrons. The van der Waals surface area contributed by atoms with Crippen LogP contribution in [0.1, 0.15) is 25.8 Å². The Hall–Kier alpha value is -0.860. The molecule has 16 heavy (non-hydrogen) atoms. The van der Waals surface area contributed by atoms with Gasteiger partial charge >= 0.3 is 0 Å². The molecule has 1 aliphatic heterocycles. The molecule has 0 bridgehead atoms. The van der Waals surface area contributed by atoms with E-state index in [4.69, 9.17) is 0 Å². The predicted octanol–water partition coefficient (Wildman–Crippen LogP) is 2.28. The van der Waals surface area contributed by atoms with E-state index in [1.807, 2.05) is 13.0 Å². The van der Waals surface area contributed by atoms with Gasteiger partial charge in [0.1, 0.15) is 0 Å². The number of rotatable bonds is 3. The summed E-state index contributed by atoms with van der Waals surface area (Å²) in [6, 6.07) is 10.5. The van der Waals surface area contributed by atoms with E-state index in [0.29, 0.717) is 5.92 Å². The lowest BCUT2D eigenvalue weighted by Gasteiger charge is -2.22. The van der Waals surface area contributed by atoms with Gasteiger partial charge in [-0.15, -0.1) is 0 Å². The minimum Gasteiger partial charge on any atom is -0.389 e. The average molecular weight is 219 g/mol. The summed E-state index contributed by atoms with van der Waals surface area (Å²) in [5.41, 5.74) is 0.818. The van der Waals surface area contributed by atoms with Crippen LogP contribution < -0.4 is 0 Å². The first-order valence-electron chi connectivity index (χ1n) is 6.10. The second-order valence-electron chi connectivity index (χ2n) is 5.12. The standard InChI is InChI=1S/C14H21NO/c1-3-13-10-15(11-14(13,2)16)9-12-7-5-4-6-8-12/h4-8,13,16H,3,9-11H2,1-2H3/t13-,14-/m1/s1. The first-order chi connectivity index (χ1) is 7.62. The summed E-state index contributed by atoms with van der Waals surface area (Å²) < 4.78 is 0. The van der Waals surface area contributed by atoms with Crippen LogP contribution in [0.25, 0.3) is 0 Å². The van der Waals surface area contributed by atoms with E-state index in [0.717, 1.165) is 26.1 Å². The number of β-amino-alcohol motifs (C(OH)–C–C–N with tert-alkyl or cyclic N) is 1. The number of nitrogens with zero attached hydrogens (tertiary/aromatic N) is 1. The lowest BCUT2D eigenvalue weighted by atomic mass is 9.91. The Morgan fingerprint density at radius 3 is 2.62 bits per heavy atom. The van der Waals surface area contributed by atoms with Crippen molar-refractivity contribution in [2.75, 3.05) is 13.1 Å². The molecule has 1 heterocycles. The van der Waals surface area contributed by atoms with Crippen LogP contribution in [0.4, 0.5) is 0 Å². The zero-order chi connectivity index (χ0) is 11.6. The molecular weight excluding hydrogens is 198 g/mol. The fourth-order valence-corrected chi connectivity index (χ4v) is 2.69. The molecule has 0 saturated carbocycles. The van der Waals surface area contributed by atoms with E-state index < -0.39 is 5.60 Å². The highest BCUT2D eigenvalue weighted by Gasteiger charge is 2.39. The first-order valence-corrected chi connectivity index (χ1v) is 6.10.